The summed E-state index contributed by atoms with van der Waals surface area (Å²) < 4.78 is 50.2. The molecule has 24 heavy (non-hydrogen) atoms. The van der Waals surface area contributed by atoms with Crippen LogP contribution in [0, 0.1) is 0 Å². The molecule has 0 unspecified atom stereocenters. The van der Waals surface area contributed by atoms with Gasteiger partial charge in [-0.2, -0.15) is 4.31 Å². The Morgan fingerprint density at radius 2 is 2.08 bits per heavy atom. The number of carboxylic acid groups (broad SMARTS) is 1. The molecule has 1 aliphatic heterocycles. The van der Waals surface area contributed by atoms with Gasteiger partial charge in [-0.15, -0.1) is 0 Å². The fraction of sp³-hybridized carbons (Fsp3) is 0.462. The molecule has 1 aromatic rings. The first kappa shape index (κ1) is 19.1. The molecule has 1 aromatic carbocycles. The van der Waals surface area contributed by atoms with Crippen LogP contribution in [0.1, 0.15) is 16.8 Å². The van der Waals surface area contributed by atoms with E-state index in [1.165, 1.54) is 12.1 Å². The number of carboxylic acids is 1. The number of carbonyl (C=O) groups is 1. The zero-order valence-electron chi connectivity index (χ0n) is 12.6. The van der Waals surface area contributed by atoms with Crippen LogP contribution in [-0.2, 0) is 19.9 Å². The molecular weight excluding hydrogens is 380 g/mol. The molecule has 0 saturated carbocycles. The normalized spacial score (nSPS) is 20.4. The maximum Gasteiger partial charge on any atom is 0.335 e. The third-order valence-corrected chi connectivity index (χ3v) is 7.91. The Morgan fingerprint density at radius 1 is 1.42 bits per heavy atom. The lowest BCUT2D eigenvalue weighted by atomic mass is 10.2. The van der Waals surface area contributed by atoms with E-state index >= 15 is 0 Å². The molecule has 0 amide bonds. The summed E-state index contributed by atoms with van der Waals surface area (Å²) in [4.78, 5) is 10.7. The van der Waals surface area contributed by atoms with E-state index in [2.05, 4.69) is 0 Å². The molecule has 1 saturated heterocycles. The van der Waals surface area contributed by atoms with E-state index in [9.17, 15) is 21.6 Å². The highest BCUT2D eigenvalue weighted by Gasteiger charge is 2.39. The minimum atomic E-state index is -4.19. The van der Waals surface area contributed by atoms with Gasteiger partial charge >= 0.3 is 5.97 Å². The molecule has 2 rings (SSSR count). The van der Waals surface area contributed by atoms with Gasteiger partial charge < -0.3 is 10.8 Å². The highest BCUT2D eigenvalue weighted by atomic mass is 35.5. The zero-order valence-corrected chi connectivity index (χ0v) is 14.9. The molecule has 134 valence electrons. The second-order valence-electron chi connectivity index (χ2n) is 5.41. The van der Waals surface area contributed by atoms with Gasteiger partial charge in [0, 0.05) is 19.1 Å². The Morgan fingerprint density at radius 3 is 2.58 bits per heavy atom. The van der Waals surface area contributed by atoms with Crippen molar-refractivity contribution in [2.45, 2.75) is 17.4 Å². The Balaban J connectivity index is 2.49. The average Bonchev–Trinajstić information content (AvgIpc) is 2.84. The molecule has 1 heterocycles. The third kappa shape index (κ3) is 3.89. The number of hydrogen-bond acceptors (Lipinski definition) is 6. The molecule has 0 bridgehead atoms. The number of halogens is 1. The van der Waals surface area contributed by atoms with Gasteiger partial charge in [-0.05, 0) is 24.6 Å². The summed E-state index contributed by atoms with van der Waals surface area (Å²) in [5, 5.41) is 8.90. The highest BCUT2D eigenvalue weighted by molar-refractivity contribution is 7.92. The van der Waals surface area contributed by atoms with Crippen LogP contribution in [-0.4, -0.2) is 62.9 Å². The molecule has 8 nitrogen and oxygen atoms in total. The van der Waals surface area contributed by atoms with E-state index in [1.807, 2.05) is 0 Å². The van der Waals surface area contributed by atoms with Crippen LogP contribution in [0.4, 0.5) is 0 Å². The molecule has 1 atom stereocenters. The van der Waals surface area contributed by atoms with Crippen LogP contribution in [0.5, 0.6) is 0 Å². The summed E-state index contributed by atoms with van der Waals surface area (Å²) in [5.41, 5.74) is 5.24. The topological polar surface area (TPSA) is 135 Å². The Labute approximate surface area is 145 Å². The molecule has 0 aromatic heterocycles. The van der Waals surface area contributed by atoms with E-state index in [-0.39, 0.29) is 46.5 Å². The fourth-order valence-electron chi connectivity index (χ4n) is 2.59. The Hall–Kier alpha value is -1.20. The molecular formula is C13H17ClN2O6S2. The molecule has 3 N–H and O–H groups in total. The molecule has 0 aliphatic carbocycles. The van der Waals surface area contributed by atoms with E-state index in [1.54, 1.807) is 0 Å². The Kier molecular flexibility index (Phi) is 5.55. The van der Waals surface area contributed by atoms with Crippen LogP contribution in [0.3, 0.4) is 0 Å². The number of sulfonamides is 1. The first-order valence-corrected chi connectivity index (χ1v) is 10.7. The van der Waals surface area contributed by atoms with Crippen molar-refractivity contribution >= 4 is 37.4 Å². The molecule has 11 heteroatoms. The van der Waals surface area contributed by atoms with Crippen molar-refractivity contribution in [1.82, 2.24) is 4.31 Å². The van der Waals surface area contributed by atoms with Gasteiger partial charge in [0.1, 0.15) is 4.90 Å². The van der Waals surface area contributed by atoms with Crippen molar-refractivity contribution in [1.29, 1.82) is 0 Å². The number of sulfone groups is 1. The van der Waals surface area contributed by atoms with Crippen LogP contribution in [0.15, 0.2) is 23.1 Å². The lowest BCUT2D eigenvalue weighted by Gasteiger charge is -2.27. The van der Waals surface area contributed by atoms with Crippen LogP contribution < -0.4 is 5.73 Å². The van der Waals surface area contributed by atoms with E-state index < -0.39 is 31.9 Å². The third-order valence-electron chi connectivity index (χ3n) is 3.73. The van der Waals surface area contributed by atoms with Crippen molar-refractivity contribution in [3.05, 3.63) is 28.8 Å². The second-order valence-corrected chi connectivity index (χ2v) is 9.91. The van der Waals surface area contributed by atoms with E-state index in [0.29, 0.717) is 0 Å². The predicted molar refractivity (Wildman–Crippen MR) is 88.4 cm³/mol. The summed E-state index contributed by atoms with van der Waals surface area (Å²) in [5.74, 6) is -1.68. The SMILES string of the molecule is NCCN([C@@H]1CCS(=O)(=O)C1)S(=O)(=O)c1cc(C(=O)O)ccc1Cl. The van der Waals surface area contributed by atoms with Gasteiger partial charge in [0.2, 0.25) is 10.0 Å². The maximum atomic E-state index is 12.9. The fourth-order valence-corrected chi connectivity index (χ4v) is 6.59. The van der Waals surface area contributed by atoms with Crippen molar-refractivity contribution in [3.8, 4) is 0 Å². The maximum absolute atomic E-state index is 12.9. The molecule has 1 aliphatic rings. The molecule has 0 spiro atoms. The van der Waals surface area contributed by atoms with Gasteiger partial charge in [0.15, 0.2) is 9.84 Å². The lowest BCUT2D eigenvalue weighted by molar-refractivity contribution is 0.0696. The lowest BCUT2D eigenvalue weighted by Crippen LogP contribution is -2.43. The van der Waals surface area contributed by atoms with Crippen molar-refractivity contribution < 1.29 is 26.7 Å². The van der Waals surface area contributed by atoms with Gasteiger partial charge in [0.25, 0.3) is 0 Å². The quantitative estimate of drug-likeness (QED) is 0.699. The van der Waals surface area contributed by atoms with E-state index in [0.717, 1.165) is 10.4 Å². The largest absolute Gasteiger partial charge is 0.478 e. The summed E-state index contributed by atoms with van der Waals surface area (Å²) in [6, 6.07) is 2.60. The van der Waals surface area contributed by atoms with Crippen molar-refractivity contribution in [2.75, 3.05) is 24.6 Å². The standard InChI is InChI=1S/C13H17ClN2O6S2/c14-11-2-1-9(13(17)18)7-12(11)24(21,22)16(5-4-15)10-3-6-23(19,20)8-10/h1-2,7,10H,3-6,8,15H2,(H,17,18)/t10-/m1/s1. The zero-order chi connectivity index (χ0) is 18.1. The summed E-state index contributed by atoms with van der Waals surface area (Å²) in [7, 11) is -7.50. The van der Waals surface area contributed by atoms with Crippen molar-refractivity contribution in [2.24, 2.45) is 5.73 Å². The van der Waals surface area contributed by atoms with Crippen LogP contribution >= 0.6 is 11.6 Å². The number of rotatable bonds is 6. The minimum absolute atomic E-state index is 0.00792. The number of benzene rings is 1. The first-order valence-electron chi connectivity index (χ1n) is 7.03. The molecule has 0 radical (unpaired) electrons. The smallest absolute Gasteiger partial charge is 0.335 e. The minimum Gasteiger partial charge on any atom is -0.478 e. The second kappa shape index (κ2) is 6.96. The van der Waals surface area contributed by atoms with Gasteiger partial charge in [-0.3, -0.25) is 0 Å². The number of aromatic carboxylic acids is 1. The predicted octanol–water partition coefficient (Wildman–Crippen LogP) is 0.175. The van der Waals surface area contributed by atoms with Gasteiger partial charge in [-0.1, -0.05) is 11.6 Å². The summed E-state index contributed by atoms with van der Waals surface area (Å²) in [6.07, 6.45) is 0.164. The van der Waals surface area contributed by atoms with Crippen molar-refractivity contribution in [3.63, 3.8) is 0 Å². The monoisotopic (exact) mass is 396 g/mol. The first-order chi connectivity index (χ1) is 11.1. The number of nitrogens with two attached hydrogens (primary N) is 1. The molecule has 1 fully saturated rings. The summed E-state index contributed by atoms with van der Waals surface area (Å²) >= 11 is 5.94. The highest BCUT2D eigenvalue weighted by Crippen LogP contribution is 2.29. The van der Waals surface area contributed by atoms with Crippen LogP contribution in [0.25, 0.3) is 0 Å². The van der Waals surface area contributed by atoms with Gasteiger partial charge in [0.05, 0.1) is 22.1 Å². The van der Waals surface area contributed by atoms with Crippen LogP contribution in [0.2, 0.25) is 5.02 Å². The number of hydrogen-bond donors (Lipinski definition) is 2. The Bertz CT molecular complexity index is 853. The number of nitrogens with zero attached hydrogens (tertiary/aromatic N) is 1. The van der Waals surface area contributed by atoms with E-state index in [4.69, 9.17) is 22.4 Å². The summed E-state index contributed by atoms with van der Waals surface area (Å²) in [6.45, 7) is -0.0951. The van der Waals surface area contributed by atoms with Gasteiger partial charge in [-0.25, -0.2) is 21.6 Å². The average molecular weight is 397 g/mol.